The van der Waals surface area contributed by atoms with Gasteiger partial charge in [-0.25, -0.2) is 0 Å². The Kier molecular flexibility index (Phi) is 3.50. The van der Waals surface area contributed by atoms with Gasteiger partial charge >= 0.3 is 0 Å². The molecule has 0 saturated carbocycles. The summed E-state index contributed by atoms with van der Waals surface area (Å²) in [5, 5.41) is 3.73. The monoisotopic (exact) mass is 278 g/mol. The van der Waals surface area contributed by atoms with E-state index >= 15 is 0 Å². The van der Waals surface area contributed by atoms with E-state index in [1.54, 1.807) is 0 Å². The predicted molar refractivity (Wildman–Crippen MR) is 85.9 cm³/mol. The minimum Gasteiger partial charge on any atom is -0.309 e. The van der Waals surface area contributed by atoms with Crippen LogP contribution in [0, 0.1) is 11.8 Å². The predicted octanol–water partition coefficient (Wildman–Crippen LogP) is 3.08. The molecule has 0 bridgehead atoms. The molecule has 2 heterocycles. The van der Waals surface area contributed by atoms with Crippen molar-refractivity contribution in [2.24, 2.45) is 11.8 Å². The second kappa shape index (κ2) is 5.63. The molecule has 2 fully saturated rings. The van der Waals surface area contributed by atoms with Crippen LogP contribution in [0.15, 0.2) is 60.7 Å². The van der Waals surface area contributed by atoms with E-state index in [0.717, 1.165) is 24.9 Å². The summed E-state index contributed by atoms with van der Waals surface area (Å²) in [7, 11) is 0. The van der Waals surface area contributed by atoms with Crippen LogP contribution in [0.25, 0.3) is 0 Å². The molecule has 2 nitrogen and oxygen atoms in total. The first-order valence-electron chi connectivity index (χ1n) is 7.95. The summed E-state index contributed by atoms with van der Waals surface area (Å²) in [6, 6.07) is 22.3. The Bertz CT molecular complexity index is 581. The molecule has 3 unspecified atom stereocenters. The number of hydrogen-bond acceptors (Lipinski definition) is 2. The Labute approximate surface area is 126 Å². The molecule has 21 heavy (non-hydrogen) atoms. The first-order valence-corrected chi connectivity index (χ1v) is 7.95. The number of benzene rings is 2. The molecule has 0 aliphatic carbocycles. The summed E-state index contributed by atoms with van der Waals surface area (Å²) >= 11 is 0. The van der Waals surface area contributed by atoms with E-state index in [9.17, 15) is 0 Å². The molecule has 3 atom stereocenters. The summed E-state index contributed by atoms with van der Waals surface area (Å²) in [4.78, 5) is 2.63. The van der Waals surface area contributed by atoms with Crippen LogP contribution in [0.4, 0.5) is 0 Å². The highest BCUT2D eigenvalue weighted by molar-refractivity contribution is 5.23. The van der Waals surface area contributed by atoms with Gasteiger partial charge < -0.3 is 5.32 Å². The van der Waals surface area contributed by atoms with Gasteiger partial charge in [0.25, 0.3) is 0 Å². The third-order valence-corrected chi connectivity index (χ3v) is 5.00. The highest BCUT2D eigenvalue weighted by atomic mass is 15.2. The molecule has 1 N–H and O–H groups in total. The van der Waals surface area contributed by atoms with Crippen LogP contribution in [0.1, 0.15) is 17.2 Å². The van der Waals surface area contributed by atoms with E-state index < -0.39 is 0 Å². The van der Waals surface area contributed by atoms with Gasteiger partial charge in [0.05, 0.1) is 0 Å². The third-order valence-electron chi connectivity index (χ3n) is 5.00. The third kappa shape index (κ3) is 2.61. The lowest BCUT2D eigenvalue weighted by Crippen LogP contribution is -2.27. The fraction of sp³-hybridized carbons (Fsp3) is 0.368. The summed E-state index contributed by atoms with van der Waals surface area (Å²) < 4.78 is 0. The molecule has 2 aromatic carbocycles. The summed E-state index contributed by atoms with van der Waals surface area (Å²) in [5.41, 5.74) is 2.88. The molecular weight excluding hydrogens is 256 g/mol. The van der Waals surface area contributed by atoms with Gasteiger partial charge in [-0.15, -0.1) is 0 Å². The Hall–Kier alpha value is -1.64. The molecule has 0 spiro atoms. The maximum absolute atomic E-state index is 3.73. The quantitative estimate of drug-likeness (QED) is 0.928. The van der Waals surface area contributed by atoms with Crippen molar-refractivity contribution < 1.29 is 0 Å². The fourth-order valence-electron chi connectivity index (χ4n) is 4.01. The minimum absolute atomic E-state index is 0.539. The van der Waals surface area contributed by atoms with E-state index in [4.69, 9.17) is 0 Å². The highest BCUT2D eigenvalue weighted by Crippen LogP contribution is 2.39. The zero-order valence-electron chi connectivity index (χ0n) is 12.3. The number of likely N-dealkylation sites (tertiary alicyclic amines) is 1. The molecule has 2 saturated heterocycles. The number of nitrogens with zero attached hydrogens (tertiary/aromatic N) is 1. The normalized spacial score (nSPS) is 28.7. The van der Waals surface area contributed by atoms with Gasteiger partial charge in [-0.1, -0.05) is 60.7 Å². The van der Waals surface area contributed by atoms with E-state index in [2.05, 4.69) is 70.9 Å². The summed E-state index contributed by atoms with van der Waals surface area (Å²) in [6.07, 6.45) is 0. The minimum atomic E-state index is 0.539. The number of rotatable bonds is 3. The molecule has 2 aromatic rings. The molecular formula is C19H22N2. The van der Waals surface area contributed by atoms with Gasteiger partial charge in [0.1, 0.15) is 0 Å². The van der Waals surface area contributed by atoms with E-state index in [1.165, 1.54) is 24.2 Å². The number of fused-ring (bicyclic) bond motifs is 1. The maximum atomic E-state index is 3.73. The highest BCUT2D eigenvalue weighted by Gasteiger charge is 2.42. The zero-order valence-corrected chi connectivity index (χ0v) is 12.3. The smallest absolute Gasteiger partial charge is 0.0364 e. The summed E-state index contributed by atoms with van der Waals surface area (Å²) in [5.74, 6) is 1.56. The Morgan fingerprint density at radius 3 is 2.38 bits per heavy atom. The van der Waals surface area contributed by atoms with E-state index in [0.29, 0.717) is 6.04 Å². The molecule has 2 heteroatoms. The largest absolute Gasteiger partial charge is 0.309 e. The second-order valence-electron chi connectivity index (χ2n) is 6.40. The van der Waals surface area contributed by atoms with Crippen LogP contribution >= 0.6 is 0 Å². The van der Waals surface area contributed by atoms with E-state index in [-0.39, 0.29) is 0 Å². The Morgan fingerprint density at radius 2 is 1.62 bits per heavy atom. The maximum Gasteiger partial charge on any atom is 0.0364 e. The lowest BCUT2D eigenvalue weighted by Gasteiger charge is -2.21. The van der Waals surface area contributed by atoms with Crippen LogP contribution in [0.2, 0.25) is 0 Å². The number of nitrogens with one attached hydrogen (secondary N) is 1. The topological polar surface area (TPSA) is 15.3 Å². The summed E-state index contributed by atoms with van der Waals surface area (Å²) in [6.45, 7) is 4.70. The first kappa shape index (κ1) is 13.1. The zero-order chi connectivity index (χ0) is 14.1. The average molecular weight is 278 g/mol. The molecule has 2 aliphatic heterocycles. The lowest BCUT2D eigenvalue weighted by atomic mass is 9.90. The second-order valence-corrected chi connectivity index (χ2v) is 6.40. The van der Waals surface area contributed by atoms with Crippen molar-refractivity contribution in [3.63, 3.8) is 0 Å². The van der Waals surface area contributed by atoms with Crippen molar-refractivity contribution in [3.05, 3.63) is 71.8 Å². The van der Waals surface area contributed by atoms with Gasteiger partial charge in [0, 0.05) is 32.2 Å². The standard InChI is InChI=1S/C19H22N2/c1-3-7-15(8-4-1)12-21-13-17-11-20-19(18(17)14-21)16-9-5-2-6-10-16/h1-10,17-20H,11-14H2. The molecule has 4 rings (SSSR count). The van der Waals surface area contributed by atoms with Gasteiger partial charge in [-0.2, -0.15) is 0 Å². The molecule has 2 aliphatic rings. The van der Waals surface area contributed by atoms with Crippen LogP contribution in [-0.4, -0.2) is 24.5 Å². The number of hydrogen-bond donors (Lipinski definition) is 1. The van der Waals surface area contributed by atoms with Crippen LogP contribution in [0.5, 0.6) is 0 Å². The van der Waals surface area contributed by atoms with Crippen LogP contribution in [-0.2, 0) is 6.54 Å². The van der Waals surface area contributed by atoms with Crippen molar-refractivity contribution in [2.45, 2.75) is 12.6 Å². The molecule has 0 aromatic heterocycles. The van der Waals surface area contributed by atoms with Crippen LogP contribution < -0.4 is 5.32 Å². The average Bonchev–Trinajstić information content (AvgIpc) is 3.09. The van der Waals surface area contributed by atoms with Gasteiger partial charge in [0.15, 0.2) is 0 Å². The van der Waals surface area contributed by atoms with Crippen molar-refractivity contribution in [1.29, 1.82) is 0 Å². The van der Waals surface area contributed by atoms with Crippen molar-refractivity contribution in [3.8, 4) is 0 Å². The Balaban J connectivity index is 1.46. The lowest BCUT2D eigenvalue weighted by molar-refractivity contribution is 0.294. The van der Waals surface area contributed by atoms with Crippen LogP contribution in [0.3, 0.4) is 0 Å². The Morgan fingerprint density at radius 1 is 0.905 bits per heavy atom. The fourth-order valence-corrected chi connectivity index (χ4v) is 4.01. The molecule has 108 valence electrons. The van der Waals surface area contributed by atoms with Gasteiger partial charge in [0.2, 0.25) is 0 Å². The first-order chi connectivity index (χ1) is 10.4. The van der Waals surface area contributed by atoms with Gasteiger partial charge in [-0.05, 0) is 23.0 Å². The molecule has 0 radical (unpaired) electrons. The van der Waals surface area contributed by atoms with Crippen molar-refractivity contribution >= 4 is 0 Å². The molecule has 0 amide bonds. The van der Waals surface area contributed by atoms with Crippen molar-refractivity contribution in [1.82, 2.24) is 10.2 Å². The van der Waals surface area contributed by atoms with Crippen molar-refractivity contribution in [2.75, 3.05) is 19.6 Å². The van der Waals surface area contributed by atoms with E-state index in [1.807, 2.05) is 0 Å². The van der Waals surface area contributed by atoms with Gasteiger partial charge in [-0.3, -0.25) is 4.90 Å². The SMILES string of the molecule is c1ccc(CN2CC3CNC(c4ccccc4)C3C2)cc1.